The van der Waals surface area contributed by atoms with Gasteiger partial charge in [0.2, 0.25) is 0 Å². The Morgan fingerprint density at radius 2 is 2.38 bits per heavy atom. The summed E-state index contributed by atoms with van der Waals surface area (Å²) in [6.45, 7) is 4.02. The van der Waals surface area contributed by atoms with Crippen LogP contribution in [0.4, 0.5) is 5.82 Å². The molecular formula is C10H15N3O3. The molecule has 0 aliphatic heterocycles. The van der Waals surface area contributed by atoms with Crippen molar-refractivity contribution in [3.63, 3.8) is 0 Å². The van der Waals surface area contributed by atoms with Crippen LogP contribution < -0.4 is 5.32 Å². The lowest BCUT2D eigenvalue weighted by atomic mass is 10.4. The predicted octanol–water partition coefficient (Wildman–Crippen LogP) is 1.01. The lowest BCUT2D eigenvalue weighted by Gasteiger charge is -2.05. The molecule has 6 heteroatoms. The van der Waals surface area contributed by atoms with Crippen molar-refractivity contribution >= 4 is 11.8 Å². The number of carboxylic acid groups (broad SMARTS) is 1. The zero-order valence-electron chi connectivity index (χ0n) is 9.14. The fourth-order valence-electron chi connectivity index (χ4n) is 1.11. The lowest BCUT2D eigenvalue weighted by Crippen LogP contribution is -2.09. The molecule has 0 saturated carbocycles. The quantitative estimate of drug-likeness (QED) is 0.674. The Hall–Kier alpha value is -1.69. The Balaban J connectivity index is 2.36. The minimum atomic E-state index is -1.06. The molecule has 1 heterocycles. The second kappa shape index (κ2) is 6.73. The third-order valence-corrected chi connectivity index (χ3v) is 1.86. The van der Waals surface area contributed by atoms with Crippen LogP contribution >= 0.6 is 0 Å². The number of nitrogens with one attached hydrogen (secondary N) is 1. The molecule has 0 aromatic carbocycles. The van der Waals surface area contributed by atoms with Crippen LogP contribution in [0.5, 0.6) is 0 Å². The van der Waals surface area contributed by atoms with Crippen LogP contribution in [-0.2, 0) is 4.74 Å². The normalized spacial score (nSPS) is 10.1. The summed E-state index contributed by atoms with van der Waals surface area (Å²) in [5, 5.41) is 11.7. The van der Waals surface area contributed by atoms with Crippen LogP contribution in [0, 0.1) is 0 Å². The summed E-state index contributed by atoms with van der Waals surface area (Å²) >= 11 is 0. The number of rotatable bonds is 7. The van der Waals surface area contributed by atoms with Gasteiger partial charge in [-0.1, -0.05) is 0 Å². The molecule has 1 aromatic rings. The number of aromatic nitrogens is 2. The van der Waals surface area contributed by atoms with Gasteiger partial charge in [0.1, 0.15) is 12.1 Å². The predicted molar refractivity (Wildman–Crippen MR) is 58.6 cm³/mol. The number of hydrogen-bond donors (Lipinski definition) is 2. The van der Waals surface area contributed by atoms with Crippen LogP contribution in [0.25, 0.3) is 0 Å². The van der Waals surface area contributed by atoms with Crippen LogP contribution in [-0.4, -0.2) is 40.8 Å². The van der Waals surface area contributed by atoms with Crippen molar-refractivity contribution < 1.29 is 14.6 Å². The highest BCUT2D eigenvalue weighted by Gasteiger charge is 2.05. The maximum absolute atomic E-state index is 10.6. The summed E-state index contributed by atoms with van der Waals surface area (Å²) < 4.78 is 5.17. The number of nitrogens with zero attached hydrogens (tertiary/aromatic N) is 2. The van der Waals surface area contributed by atoms with E-state index in [-0.39, 0.29) is 5.69 Å². The molecule has 1 aromatic heterocycles. The number of carboxylic acids is 1. The van der Waals surface area contributed by atoms with Crippen molar-refractivity contribution in [2.45, 2.75) is 13.3 Å². The van der Waals surface area contributed by atoms with Gasteiger partial charge in [0.15, 0.2) is 5.69 Å². The van der Waals surface area contributed by atoms with E-state index in [9.17, 15) is 4.79 Å². The van der Waals surface area contributed by atoms with Gasteiger partial charge in [-0.25, -0.2) is 14.8 Å². The van der Waals surface area contributed by atoms with E-state index in [0.29, 0.717) is 25.6 Å². The molecule has 16 heavy (non-hydrogen) atoms. The van der Waals surface area contributed by atoms with E-state index in [0.717, 1.165) is 6.42 Å². The average molecular weight is 225 g/mol. The standard InChI is InChI=1S/C10H15N3O3/c1-2-16-5-3-4-11-9-6-8(10(14)15)12-7-13-9/h6-7H,2-5H2,1H3,(H,14,15)(H,11,12,13). The Morgan fingerprint density at radius 3 is 3.06 bits per heavy atom. The highest BCUT2D eigenvalue weighted by Crippen LogP contribution is 2.03. The second-order valence-corrected chi connectivity index (χ2v) is 3.07. The van der Waals surface area contributed by atoms with E-state index in [2.05, 4.69) is 15.3 Å². The van der Waals surface area contributed by atoms with Crippen LogP contribution in [0.2, 0.25) is 0 Å². The highest BCUT2D eigenvalue weighted by molar-refractivity contribution is 5.85. The minimum Gasteiger partial charge on any atom is -0.477 e. The van der Waals surface area contributed by atoms with Gasteiger partial charge in [-0.3, -0.25) is 0 Å². The Kier molecular flexibility index (Phi) is 5.21. The first kappa shape index (κ1) is 12.4. The minimum absolute atomic E-state index is 0.0118. The maximum Gasteiger partial charge on any atom is 0.354 e. The zero-order valence-corrected chi connectivity index (χ0v) is 9.14. The Labute approximate surface area is 93.7 Å². The van der Waals surface area contributed by atoms with Gasteiger partial charge >= 0.3 is 5.97 Å². The number of aromatic carboxylic acids is 1. The van der Waals surface area contributed by atoms with Gasteiger partial charge in [0.25, 0.3) is 0 Å². The first-order chi connectivity index (χ1) is 7.74. The molecule has 0 saturated heterocycles. The smallest absolute Gasteiger partial charge is 0.354 e. The molecule has 2 N–H and O–H groups in total. The number of ether oxygens (including phenoxy) is 1. The van der Waals surface area contributed by atoms with Crippen molar-refractivity contribution in [3.05, 3.63) is 18.1 Å². The molecule has 88 valence electrons. The first-order valence-corrected chi connectivity index (χ1v) is 5.11. The number of carbonyl (C=O) groups is 1. The third-order valence-electron chi connectivity index (χ3n) is 1.86. The summed E-state index contributed by atoms with van der Waals surface area (Å²) in [5.41, 5.74) is -0.0118. The van der Waals surface area contributed by atoms with E-state index >= 15 is 0 Å². The van der Waals surface area contributed by atoms with Gasteiger partial charge in [-0.05, 0) is 13.3 Å². The Morgan fingerprint density at radius 1 is 1.56 bits per heavy atom. The van der Waals surface area contributed by atoms with Gasteiger partial charge < -0.3 is 15.2 Å². The SMILES string of the molecule is CCOCCCNc1cc(C(=O)O)ncn1. The molecule has 0 atom stereocenters. The van der Waals surface area contributed by atoms with Gasteiger partial charge in [-0.15, -0.1) is 0 Å². The molecule has 0 unspecified atom stereocenters. The monoisotopic (exact) mass is 225 g/mol. The topological polar surface area (TPSA) is 84.3 Å². The van der Waals surface area contributed by atoms with Crippen molar-refractivity contribution in [1.82, 2.24) is 9.97 Å². The fraction of sp³-hybridized carbons (Fsp3) is 0.500. The largest absolute Gasteiger partial charge is 0.477 e. The van der Waals surface area contributed by atoms with E-state index in [1.54, 1.807) is 0 Å². The summed E-state index contributed by atoms with van der Waals surface area (Å²) in [4.78, 5) is 18.2. The molecule has 6 nitrogen and oxygen atoms in total. The van der Waals surface area contributed by atoms with Crippen molar-refractivity contribution in [1.29, 1.82) is 0 Å². The number of anilines is 1. The molecule has 0 aliphatic rings. The molecular weight excluding hydrogens is 210 g/mol. The van der Waals surface area contributed by atoms with Crippen molar-refractivity contribution in [2.75, 3.05) is 25.1 Å². The van der Waals surface area contributed by atoms with Crippen LogP contribution in [0.3, 0.4) is 0 Å². The Bertz CT molecular complexity index is 344. The highest BCUT2D eigenvalue weighted by atomic mass is 16.5. The lowest BCUT2D eigenvalue weighted by molar-refractivity contribution is 0.0690. The number of hydrogen-bond acceptors (Lipinski definition) is 5. The van der Waals surface area contributed by atoms with E-state index in [1.165, 1.54) is 12.4 Å². The molecule has 1 rings (SSSR count). The van der Waals surface area contributed by atoms with Crippen molar-refractivity contribution in [2.24, 2.45) is 0 Å². The molecule has 0 radical (unpaired) electrons. The molecule has 0 spiro atoms. The summed E-state index contributed by atoms with van der Waals surface area (Å²) in [7, 11) is 0. The van der Waals surface area contributed by atoms with Crippen molar-refractivity contribution in [3.8, 4) is 0 Å². The van der Waals surface area contributed by atoms with Gasteiger partial charge in [0.05, 0.1) is 0 Å². The van der Waals surface area contributed by atoms with Crippen LogP contribution in [0.15, 0.2) is 12.4 Å². The summed E-state index contributed by atoms with van der Waals surface area (Å²) in [6, 6.07) is 1.41. The first-order valence-electron chi connectivity index (χ1n) is 5.11. The van der Waals surface area contributed by atoms with Crippen LogP contribution in [0.1, 0.15) is 23.8 Å². The average Bonchev–Trinajstić information content (AvgIpc) is 2.29. The summed E-state index contributed by atoms with van der Waals surface area (Å²) in [6.07, 6.45) is 2.08. The summed E-state index contributed by atoms with van der Waals surface area (Å²) in [5.74, 6) is -0.538. The fourth-order valence-corrected chi connectivity index (χ4v) is 1.11. The second-order valence-electron chi connectivity index (χ2n) is 3.07. The van der Waals surface area contributed by atoms with Gasteiger partial charge in [-0.2, -0.15) is 0 Å². The maximum atomic E-state index is 10.6. The third kappa shape index (κ3) is 4.22. The van der Waals surface area contributed by atoms with E-state index < -0.39 is 5.97 Å². The molecule has 0 bridgehead atoms. The molecule has 0 amide bonds. The van der Waals surface area contributed by atoms with E-state index in [1.807, 2.05) is 6.92 Å². The zero-order chi connectivity index (χ0) is 11.8. The molecule has 0 fully saturated rings. The van der Waals surface area contributed by atoms with E-state index in [4.69, 9.17) is 9.84 Å². The van der Waals surface area contributed by atoms with Gasteiger partial charge in [0, 0.05) is 25.8 Å². The molecule has 0 aliphatic carbocycles.